The van der Waals surface area contributed by atoms with Crippen LogP contribution < -0.4 is 37.9 Å². The Morgan fingerprint density at radius 3 is 0.739 bits per heavy atom. The van der Waals surface area contributed by atoms with Crippen LogP contribution >= 0.6 is 0 Å². The third kappa shape index (κ3) is 35.4. The molecule has 0 bridgehead atoms. The Morgan fingerprint density at radius 2 is 0.457 bits per heavy atom. The molecule has 0 fully saturated rings. The third-order valence-electron chi connectivity index (χ3n) is 22.4. The smallest absolute Gasteiger partial charge is 0.167 e. The fourth-order valence-electron chi connectivity index (χ4n) is 14.4. The molecule has 0 saturated carbocycles. The van der Waals surface area contributed by atoms with E-state index in [4.69, 9.17) is 37.9 Å². The van der Waals surface area contributed by atoms with E-state index in [1.807, 2.05) is 276 Å². The average molecular weight is 1860 g/mol. The molecule has 13 rings (SSSR count). The van der Waals surface area contributed by atoms with Crippen LogP contribution in [0.15, 0.2) is 297 Å². The molecular formula is C122H134O16. The maximum Gasteiger partial charge on any atom is 0.167 e. The molecule has 0 N–H and O–H groups in total. The highest BCUT2D eigenvalue weighted by atomic mass is 16.5. The maximum absolute atomic E-state index is 13.3. The van der Waals surface area contributed by atoms with Crippen molar-refractivity contribution >= 4 is 46.3 Å². The minimum Gasteiger partial charge on any atom is -0.493 e. The van der Waals surface area contributed by atoms with E-state index >= 15 is 0 Å². The molecular weight excluding hydrogens is 1720 g/mol. The van der Waals surface area contributed by atoms with Gasteiger partial charge in [0.2, 0.25) is 0 Å². The van der Waals surface area contributed by atoms with Crippen molar-refractivity contribution in [3.63, 3.8) is 0 Å². The van der Waals surface area contributed by atoms with Crippen LogP contribution in [0, 0.1) is 31.6 Å². The highest BCUT2D eigenvalue weighted by Crippen LogP contribution is 2.33. The van der Waals surface area contributed by atoms with Crippen LogP contribution in [0.3, 0.4) is 0 Å². The molecule has 0 radical (unpaired) electrons. The van der Waals surface area contributed by atoms with Crippen molar-refractivity contribution in [2.45, 2.75) is 202 Å². The number of rotatable bonds is 44. The predicted octanol–water partition coefficient (Wildman–Crippen LogP) is 27.7. The lowest BCUT2D eigenvalue weighted by Gasteiger charge is -2.15. The van der Waals surface area contributed by atoms with E-state index < -0.39 is 0 Å². The lowest BCUT2D eigenvalue weighted by molar-refractivity contribution is -0.116. The van der Waals surface area contributed by atoms with Crippen LogP contribution in [-0.4, -0.2) is 66.1 Å². The average Bonchev–Trinajstić information content (AvgIpc) is 0.828. The number of Topliss-reactive ketones (excluding diaryl/α,β-unsaturated/α-hetero) is 8. The van der Waals surface area contributed by atoms with Crippen molar-refractivity contribution < 1.29 is 76.3 Å². The summed E-state index contributed by atoms with van der Waals surface area (Å²) in [4.78, 5) is 98.1. The molecule has 0 aliphatic carbocycles. The molecule has 0 aliphatic rings. The van der Waals surface area contributed by atoms with Crippen molar-refractivity contribution in [2.24, 2.45) is 17.8 Å². The van der Waals surface area contributed by atoms with Gasteiger partial charge in [0.25, 0.3) is 0 Å². The summed E-state index contributed by atoms with van der Waals surface area (Å²) in [7, 11) is 0. The van der Waals surface area contributed by atoms with Crippen LogP contribution in [0.2, 0.25) is 0 Å². The summed E-state index contributed by atoms with van der Waals surface area (Å²) < 4.78 is 47.8. The van der Waals surface area contributed by atoms with Crippen LogP contribution in [0.25, 0.3) is 0 Å². The van der Waals surface area contributed by atoms with Gasteiger partial charge < -0.3 is 37.9 Å². The van der Waals surface area contributed by atoms with Crippen LogP contribution in [-0.2, 0) is 82.8 Å². The van der Waals surface area contributed by atoms with Gasteiger partial charge in [0.05, 0.1) is 19.8 Å². The first-order valence-corrected chi connectivity index (χ1v) is 47.9. The minimum absolute atomic E-state index is 0.0395. The number of aryl methyl sites for hydroxylation is 5. The first-order chi connectivity index (χ1) is 66.5. The molecule has 0 aromatic heterocycles. The van der Waals surface area contributed by atoms with Gasteiger partial charge in [0.1, 0.15) is 84.8 Å². The van der Waals surface area contributed by atoms with Crippen LogP contribution in [0.4, 0.5) is 0 Å². The Balaban J connectivity index is 0.000000199. The Kier molecular flexibility index (Phi) is 43.7. The molecule has 13 aromatic carbocycles. The molecule has 0 atom stereocenters. The van der Waals surface area contributed by atoms with E-state index in [-0.39, 0.29) is 59.1 Å². The quantitative estimate of drug-likeness (QED) is 0.0325. The molecule has 16 heteroatoms. The van der Waals surface area contributed by atoms with Crippen molar-refractivity contribution in [2.75, 3.05) is 19.8 Å². The third-order valence-corrected chi connectivity index (χ3v) is 22.4. The molecule has 0 aliphatic heterocycles. The summed E-state index contributed by atoms with van der Waals surface area (Å²) in [6.45, 7) is 35.1. The minimum atomic E-state index is -0.0498. The monoisotopic (exact) mass is 1850 g/mol. The van der Waals surface area contributed by atoms with Gasteiger partial charge in [-0.25, -0.2) is 0 Å². The van der Waals surface area contributed by atoms with Crippen molar-refractivity contribution in [3.8, 4) is 46.0 Å². The number of benzene rings is 13. The summed E-state index contributed by atoms with van der Waals surface area (Å²) in [5.74, 6) is 7.13. The largest absolute Gasteiger partial charge is 0.493 e. The van der Waals surface area contributed by atoms with E-state index in [1.165, 1.54) is 19.4 Å². The van der Waals surface area contributed by atoms with Gasteiger partial charge in [-0.1, -0.05) is 325 Å². The van der Waals surface area contributed by atoms with Gasteiger partial charge in [-0.3, -0.25) is 38.4 Å². The fraction of sp³-hybridized carbons (Fsp3) is 0.295. The van der Waals surface area contributed by atoms with E-state index in [0.29, 0.717) is 153 Å². The number of carbonyl (C=O) groups is 8. The topological polar surface area (TPSA) is 210 Å². The van der Waals surface area contributed by atoms with E-state index in [0.717, 1.165) is 120 Å². The predicted molar refractivity (Wildman–Crippen MR) is 552 cm³/mol. The molecule has 0 spiro atoms. The van der Waals surface area contributed by atoms with Gasteiger partial charge in [-0.15, -0.1) is 0 Å². The standard InChI is InChI=1S/C32H30O4.C31H28O4.C28H32O3.C16H22O3.C15H22O2/c1-3-26-14-16-28(20-31(26)35-21-24-10-6-4-7-11-24)30(34)18-29-17-15-27(23(2)33)19-32(29)36-22-25-12-8-5-9-13-25;1-22-13-14-27(19-30(22)34-20-24-9-5-3-6-10-24)29(33)17-28-16-15-26(23(2)32)18-31(28)35-21-25-11-7-4-8-12-25;1-5-23-13-14-24(17-28(23)31-19-22-9-7-6-8-10-22)26(29)16-25-12-11-21(4)15-27(25)30-18-20(2)3;1-5-15(18)13-6-7-14(8-12(4)17)16(9-13)19-10-11(2)3;1-5-12-7-8-13(14(16)6-2)9-15(12)17-10-11(3)4/h4-17,19-20H,3,18,21-22H2,1-2H3;3-16,18-19H,17,20-21H2,1-2H3;6-15,17,20H,5,16,18-19H2,1-4H3;6-7,9,11H,5,8,10H2,1-4H3;7-9,11H,5-6,10H2,1-4H3. The van der Waals surface area contributed by atoms with E-state index in [9.17, 15) is 38.4 Å². The Morgan fingerprint density at radius 1 is 0.232 bits per heavy atom. The summed E-state index contributed by atoms with van der Waals surface area (Å²) in [5, 5.41) is 0. The highest BCUT2D eigenvalue weighted by Gasteiger charge is 2.22. The lowest BCUT2D eigenvalue weighted by Crippen LogP contribution is -2.10. The normalized spacial score (nSPS) is 10.7. The van der Waals surface area contributed by atoms with Gasteiger partial charge in [-0.2, -0.15) is 0 Å². The van der Waals surface area contributed by atoms with Crippen LogP contribution in [0.5, 0.6) is 46.0 Å². The van der Waals surface area contributed by atoms with Gasteiger partial charge in [-0.05, 0) is 176 Å². The second kappa shape index (κ2) is 56.2. The van der Waals surface area contributed by atoms with Crippen molar-refractivity contribution in [3.05, 3.63) is 414 Å². The summed E-state index contributed by atoms with van der Waals surface area (Å²) in [5.41, 5.74) is 18.2. The first kappa shape index (κ1) is 107. The number of hydrogen-bond donors (Lipinski definition) is 0. The number of carbonyl (C=O) groups excluding carboxylic acids is 8. The molecule has 13 aromatic rings. The van der Waals surface area contributed by atoms with Gasteiger partial charge in [0.15, 0.2) is 40.5 Å². The summed E-state index contributed by atoms with van der Waals surface area (Å²) in [6.07, 6.45) is 4.55. The first-order valence-electron chi connectivity index (χ1n) is 47.9. The lowest BCUT2D eigenvalue weighted by atomic mass is 9.98. The van der Waals surface area contributed by atoms with Gasteiger partial charge >= 0.3 is 0 Å². The molecule has 0 unspecified atom stereocenters. The fourth-order valence-corrected chi connectivity index (χ4v) is 14.4. The second-order valence-electron chi connectivity index (χ2n) is 35.4. The van der Waals surface area contributed by atoms with E-state index in [2.05, 4.69) is 62.3 Å². The van der Waals surface area contributed by atoms with Crippen molar-refractivity contribution in [1.29, 1.82) is 0 Å². The Bertz CT molecular complexity index is 6140. The highest BCUT2D eigenvalue weighted by molar-refractivity contribution is 6.01. The molecule has 0 saturated heterocycles. The molecule has 0 heterocycles. The zero-order chi connectivity index (χ0) is 99.4. The maximum atomic E-state index is 13.3. The van der Waals surface area contributed by atoms with Crippen LogP contribution in [0.1, 0.15) is 260 Å². The van der Waals surface area contributed by atoms with E-state index in [1.54, 1.807) is 55.5 Å². The molecule has 718 valence electrons. The second-order valence-corrected chi connectivity index (χ2v) is 35.4. The zero-order valence-corrected chi connectivity index (χ0v) is 83.1. The molecule has 0 amide bonds. The number of hydrogen-bond acceptors (Lipinski definition) is 16. The summed E-state index contributed by atoms with van der Waals surface area (Å²) >= 11 is 0. The molecule has 16 nitrogen and oxygen atoms in total. The zero-order valence-electron chi connectivity index (χ0n) is 83.1. The summed E-state index contributed by atoms with van der Waals surface area (Å²) in [6, 6.07) is 94.2. The van der Waals surface area contributed by atoms with Crippen molar-refractivity contribution in [1.82, 2.24) is 0 Å². The number of ether oxygens (including phenoxy) is 8. The molecule has 138 heavy (non-hydrogen) atoms. The Hall–Kier alpha value is -14.4. The Labute approximate surface area is 816 Å². The number of ketones is 8. The SMILES string of the molecule is CC(=O)c1ccc(CC(=O)c2ccc(C)c(OCc3ccccc3)c2)c(OCc2ccccc2)c1.CCC(=O)c1ccc(CC(C)=O)c(OCC(C)C)c1.CCC(=O)c1ccc(CC)c(OCC(C)C)c1.CCc1ccc(C(=O)Cc2ccc(C(C)=O)cc2OCc2ccccc2)cc1OCc1ccccc1.CCc1ccc(C(=O)Cc2ccc(C)cc2OCC(C)C)cc1OCc1ccccc1. The van der Waals surface area contributed by atoms with Gasteiger partial charge in [0, 0.05) is 99.7 Å².